The van der Waals surface area contributed by atoms with Crippen LogP contribution >= 0.6 is 0 Å². The van der Waals surface area contributed by atoms with E-state index < -0.39 is 6.10 Å². The minimum absolute atomic E-state index is 0.196. The van der Waals surface area contributed by atoms with Gasteiger partial charge in [0, 0.05) is 29.1 Å². The van der Waals surface area contributed by atoms with Crippen molar-refractivity contribution in [1.29, 1.82) is 5.26 Å². The van der Waals surface area contributed by atoms with Crippen LogP contribution in [0.3, 0.4) is 0 Å². The fraction of sp³-hybridized carbons (Fsp3) is 0.222. The number of nitriles is 1. The molecule has 1 saturated heterocycles. The van der Waals surface area contributed by atoms with Gasteiger partial charge in [0.1, 0.15) is 18.5 Å². The van der Waals surface area contributed by atoms with Crippen LogP contribution < -0.4 is 15.4 Å². The Hall–Kier alpha value is -4.15. The summed E-state index contributed by atoms with van der Waals surface area (Å²) in [6.45, 7) is 0.863. The Morgan fingerprint density at radius 2 is 1.85 bits per heavy atom. The van der Waals surface area contributed by atoms with E-state index >= 15 is 0 Å². The number of ether oxygens (including phenoxy) is 2. The van der Waals surface area contributed by atoms with Gasteiger partial charge in [-0.2, -0.15) is 5.26 Å². The Bertz CT molecular complexity index is 1190. The number of benzene rings is 3. The van der Waals surface area contributed by atoms with E-state index in [1.807, 2.05) is 48.5 Å². The zero-order valence-corrected chi connectivity index (χ0v) is 18.6. The van der Waals surface area contributed by atoms with Gasteiger partial charge in [0.05, 0.1) is 12.5 Å². The molecule has 2 amide bonds. The molecule has 172 valence electrons. The van der Waals surface area contributed by atoms with Gasteiger partial charge in [0.2, 0.25) is 0 Å². The smallest absolute Gasteiger partial charge is 0.255 e. The van der Waals surface area contributed by atoms with Crippen molar-refractivity contribution in [3.8, 4) is 11.8 Å². The molecule has 0 bridgehead atoms. The zero-order chi connectivity index (χ0) is 23.8. The van der Waals surface area contributed by atoms with E-state index in [0.717, 1.165) is 17.5 Å². The summed E-state index contributed by atoms with van der Waals surface area (Å²) in [5, 5.41) is 14.5. The third-order valence-electron chi connectivity index (χ3n) is 5.48. The van der Waals surface area contributed by atoms with Crippen molar-refractivity contribution >= 4 is 23.2 Å². The fourth-order valence-electron chi connectivity index (χ4n) is 3.66. The van der Waals surface area contributed by atoms with E-state index in [1.165, 1.54) is 0 Å². The molecule has 1 fully saturated rings. The van der Waals surface area contributed by atoms with Gasteiger partial charge in [0.25, 0.3) is 11.8 Å². The van der Waals surface area contributed by atoms with Crippen molar-refractivity contribution in [2.75, 3.05) is 17.2 Å². The van der Waals surface area contributed by atoms with Crippen LogP contribution in [0.25, 0.3) is 0 Å². The summed E-state index contributed by atoms with van der Waals surface area (Å²) in [6, 6.07) is 23.7. The van der Waals surface area contributed by atoms with Gasteiger partial charge in [-0.15, -0.1) is 0 Å². The molecule has 3 aromatic carbocycles. The van der Waals surface area contributed by atoms with Crippen molar-refractivity contribution in [1.82, 2.24) is 0 Å². The molecule has 0 saturated carbocycles. The van der Waals surface area contributed by atoms with Gasteiger partial charge in [0.15, 0.2) is 0 Å². The van der Waals surface area contributed by atoms with Gasteiger partial charge >= 0.3 is 0 Å². The average molecular weight is 456 g/mol. The molecule has 0 aromatic heterocycles. The van der Waals surface area contributed by atoms with Crippen LogP contribution in [0.2, 0.25) is 0 Å². The highest BCUT2D eigenvalue weighted by atomic mass is 16.5. The second kappa shape index (κ2) is 11.1. The van der Waals surface area contributed by atoms with E-state index in [1.54, 1.807) is 24.3 Å². The number of hydrogen-bond donors (Lipinski definition) is 2. The standard InChI is InChI=1S/C27H25N3O4/c28-15-14-19-10-12-23(13-11-19)34-18-21-5-1-2-8-24(21)30-26(31)20-6-3-7-22(17-20)29-27(32)25-9-4-16-33-25/h1-3,5-8,10-13,17,25H,4,9,14,16,18H2,(H,29,32)(H,30,31). The molecule has 4 rings (SSSR count). The van der Waals surface area contributed by atoms with Gasteiger partial charge in [-0.05, 0) is 54.8 Å². The first-order chi connectivity index (χ1) is 16.6. The monoisotopic (exact) mass is 455 g/mol. The van der Waals surface area contributed by atoms with E-state index in [2.05, 4.69) is 16.7 Å². The molecule has 1 unspecified atom stereocenters. The number of hydrogen-bond acceptors (Lipinski definition) is 5. The number of anilines is 2. The lowest BCUT2D eigenvalue weighted by Crippen LogP contribution is -2.27. The second-order valence-corrected chi connectivity index (χ2v) is 7.95. The molecular weight excluding hydrogens is 430 g/mol. The van der Waals surface area contributed by atoms with Gasteiger partial charge in [-0.25, -0.2) is 0 Å². The Labute approximate surface area is 198 Å². The van der Waals surface area contributed by atoms with E-state index in [4.69, 9.17) is 14.7 Å². The first-order valence-electron chi connectivity index (χ1n) is 11.1. The largest absolute Gasteiger partial charge is 0.489 e. The molecule has 34 heavy (non-hydrogen) atoms. The minimum Gasteiger partial charge on any atom is -0.489 e. The van der Waals surface area contributed by atoms with Gasteiger partial charge < -0.3 is 20.1 Å². The quantitative estimate of drug-likeness (QED) is 0.513. The number of para-hydroxylation sites is 1. The highest BCUT2D eigenvalue weighted by Crippen LogP contribution is 2.21. The molecule has 1 aliphatic rings. The minimum atomic E-state index is -0.438. The first kappa shape index (κ1) is 23.0. The third kappa shape index (κ3) is 6.00. The van der Waals surface area contributed by atoms with E-state index in [0.29, 0.717) is 42.1 Å². The number of nitrogens with one attached hydrogen (secondary N) is 2. The number of carbonyl (C=O) groups excluding carboxylic acids is 2. The van der Waals surface area contributed by atoms with E-state index in [9.17, 15) is 9.59 Å². The number of nitrogens with zero attached hydrogens (tertiary/aromatic N) is 1. The Morgan fingerprint density at radius 3 is 2.62 bits per heavy atom. The highest BCUT2D eigenvalue weighted by molar-refractivity contribution is 6.05. The third-order valence-corrected chi connectivity index (χ3v) is 5.48. The maximum absolute atomic E-state index is 12.9. The lowest BCUT2D eigenvalue weighted by Gasteiger charge is -2.14. The molecule has 7 heteroatoms. The summed E-state index contributed by atoms with van der Waals surface area (Å²) >= 11 is 0. The number of rotatable bonds is 8. The first-order valence-corrected chi connectivity index (χ1v) is 11.1. The second-order valence-electron chi connectivity index (χ2n) is 7.95. The summed E-state index contributed by atoms with van der Waals surface area (Å²) in [7, 11) is 0. The summed E-state index contributed by atoms with van der Waals surface area (Å²) in [4.78, 5) is 25.2. The SMILES string of the molecule is N#CCc1ccc(OCc2ccccc2NC(=O)c2cccc(NC(=O)C3CCCO3)c2)cc1. The summed E-state index contributed by atoms with van der Waals surface area (Å²) in [5.41, 5.74) is 3.36. The molecule has 0 aliphatic carbocycles. The van der Waals surface area contributed by atoms with Crippen LogP contribution in [0.4, 0.5) is 11.4 Å². The predicted molar refractivity (Wildman–Crippen MR) is 129 cm³/mol. The number of carbonyl (C=O) groups is 2. The van der Waals surface area contributed by atoms with Gasteiger partial charge in [-0.3, -0.25) is 9.59 Å². The van der Waals surface area contributed by atoms with Crippen molar-refractivity contribution in [3.05, 3.63) is 89.5 Å². The van der Waals surface area contributed by atoms with E-state index in [-0.39, 0.29) is 18.4 Å². The molecule has 7 nitrogen and oxygen atoms in total. The molecule has 0 radical (unpaired) electrons. The van der Waals surface area contributed by atoms with Crippen LogP contribution in [0, 0.1) is 11.3 Å². The van der Waals surface area contributed by atoms with Crippen molar-refractivity contribution in [2.24, 2.45) is 0 Å². The summed E-state index contributed by atoms with van der Waals surface area (Å²) in [5.74, 6) is 0.192. The summed E-state index contributed by atoms with van der Waals surface area (Å²) in [6.07, 6.45) is 1.49. The zero-order valence-electron chi connectivity index (χ0n) is 18.6. The van der Waals surface area contributed by atoms with Crippen LogP contribution in [0.5, 0.6) is 5.75 Å². The number of amides is 2. The molecule has 0 spiro atoms. The molecular formula is C27H25N3O4. The van der Waals surface area contributed by atoms with Crippen LogP contribution in [0.15, 0.2) is 72.8 Å². The maximum atomic E-state index is 12.9. The van der Waals surface area contributed by atoms with Crippen molar-refractivity contribution in [2.45, 2.75) is 32.0 Å². The fourth-order valence-corrected chi connectivity index (χ4v) is 3.66. The summed E-state index contributed by atoms with van der Waals surface area (Å²) < 4.78 is 11.3. The Balaban J connectivity index is 1.39. The lowest BCUT2D eigenvalue weighted by atomic mass is 10.1. The molecule has 3 aromatic rings. The van der Waals surface area contributed by atoms with Crippen LogP contribution in [0.1, 0.15) is 34.3 Å². The Morgan fingerprint density at radius 1 is 1.03 bits per heavy atom. The van der Waals surface area contributed by atoms with Crippen molar-refractivity contribution < 1.29 is 19.1 Å². The normalized spacial score (nSPS) is 14.7. The van der Waals surface area contributed by atoms with Crippen LogP contribution in [-0.2, 0) is 22.6 Å². The highest BCUT2D eigenvalue weighted by Gasteiger charge is 2.23. The van der Waals surface area contributed by atoms with Gasteiger partial charge in [-0.1, -0.05) is 36.4 Å². The topological polar surface area (TPSA) is 100 Å². The van der Waals surface area contributed by atoms with Crippen molar-refractivity contribution in [3.63, 3.8) is 0 Å². The maximum Gasteiger partial charge on any atom is 0.255 e. The molecule has 1 atom stereocenters. The predicted octanol–water partition coefficient (Wildman–Crippen LogP) is 4.70. The average Bonchev–Trinajstić information content (AvgIpc) is 3.40. The lowest BCUT2D eigenvalue weighted by molar-refractivity contribution is -0.124. The molecule has 1 aliphatic heterocycles. The van der Waals surface area contributed by atoms with Crippen LogP contribution in [-0.4, -0.2) is 24.5 Å². The Kier molecular flexibility index (Phi) is 7.53. The molecule has 1 heterocycles. The molecule has 2 N–H and O–H groups in total.